The lowest BCUT2D eigenvalue weighted by molar-refractivity contribution is -0.140. The molecule has 0 fully saturated rings. The van der Waals surface area contributed by atoms with E-state index in [4.69, 9.17) is 11.6 Å². The van der Waals surface area contributed by atoms with Crippen LogP contribution in [0.15, 0.2) is 108 Å². The van der Waals surface area contributed by atoms with Crippen LogP contribution in [0.4, 0.5) is 5.69 Å². The molecule has 0 bridgehead atoms. The number of benzene rings is 4. The van der Waals surface area contributed by atoms with Crippen LogP contribution in [0, 0.1) is 13.8 Å². The number of rotatable bonds is 11. The van der Waals surface area contributed by atoms with E-state index in [0.29, 0.717) is 10.7 Å². The van der Waals surface area contributed by atoms with Crippen molar-refractivity contribution in [1.29, 1.82) is 0 Å². The molecular weight excluding hydrogens is 606 g/mol. The number of aryl methyl sites for hydroxylation is 2. The zero-order valence-corrected chi connectivity index (χ0v) is 27.9. The van der Waals surface area contributed by atoms with Crippen molar-refractivity contribution < 1.29 is 18.0 Å². The zero-order chi connectivity index (χ0) is 32.8. The Morgan fingerprint density at radius 2 is 1.36 bits per heavy atom. The van der Waals surface area contributed by atoms with Crippen LogP contribution in [0.3, 0.4) is 0 Å². The van der Waals surface area contributed by atoms with Gasteiger partial charge < -0.3 is 10.2 Å². The van der Waals surface area contributed by atoms with Crippen molar-refractivity contribution in [1.82, 2.24) is 10.2 Å². The smallest absolute Gasteiger partial charge is 0.264 e. The van der Waals surface area contributed by atoms with Gasteiger partial charge in [-0.15, -0.1) is 0 Å². The summed E-state index contributed by atoms with van der Waals surface area (Å²) in [5.41, 5.74) is 3.13. The molecule has 0 spiro atoms. The molecule has 4 rings (SSSR count). The number of anilines is 1. The van der Waals surface area contributed by atoms with Gasteiger partial charge in [0.2, 0.25) is 11.8 Å². The van der Waals surface area contributed by atoms with Gasteiger partial charge in [-0.05, 0) is 93.3 Å². The number of carbonyl (C=O) groups is 2. The lowest BCUT2D eigenvalue weighted by Crippen LogP contribution is -2.56. The molecule has 0 aliphatic rings. The van der Waals surface area contributed by atoms with Crippen LogP contribution in [-0.2, 0) is 32.6 Å². The van der Waals surface area contributed by atoms with Gasteiger partial charge in [0.25, 0.3) is 10.0 Å². The van der Waals surface area contributed by atoms with Crippen molar-refractivity contribution in [3.63, 3.8) is 0 Å². The molecule has 0 aliphatic carbocycles. The number of amides is 2. The summed E-state index contributed by atoms with van der Waals surface area (Å²) in [5.74, 6) is -0.855. The maximum atomic E-state index is 14.6. The second-order valence-corrected chi connectivity index (χ2v) is 14.6. The molecule has 4 aromatic carbocycles. The van der Waals surface area contributed by atoms with E-state index in [9.17, 15) is 18.0 Å². The van der Waals surface area contributed by atoms with Crippen LogP contribution in [-0.4, -0.2) is 43.3 Å². The fourth-order valence-electron chi connectivity index (χ4n) is 5.14. The van der Waals surface area contributed by atoms with Crippen LogP contribution in [0.2, 0.25) is 5.02 Å². The molecule has 0 aromatic heterocycles. The Balaban J connectivity index is 1.83. The normalized spacial score (nSPS) is 12.3. The third kappa shape index (κ3) is 9.19. The van der Waals surface area contributed by atoms with Crippen LogP contribution in [0.1, 0.15) is 43.0 Å². The highest BCUT2D eigenvalue weighted by Crippen LogP contribution is 2.27. The molecule has 0 saturated heterocycles. The highest BCUT2D eigenvalue weighted by atomic mass is 35.5. The fourth-order valence-corrected chi connectivity index (χ4v) is 6.68. The quantitative estimate of drug-likeness (QED) is 0.197. The van der Waals surface area contributed by atoms with E-state index >= 15 is 0 Å². The predicted octanol–water partition coefficient (Wildman–Crippen LogP) is 6.71. The highest BCUT2D eigenvalue weighted by molar-refractivity contribution is 7.92. The van der Waals surface area contributed by atoms with E-state index in [0.717, 1.165) is 26.6 Å². The summed E-state index contributed by atoms with van der Waals surface area (Å²) in [4.78, 5) is 30.1. The van der Waals surface area contributed by atoms with Crippen molar-refractivity contribution >= 4 is 39.1 Å². The van der Waals surface area contributed by atoms with Crippen molar-refractivity contribution in [3.8, 4) is 0 Å². The number of halogens is 1. The predicted molar refractivity (Wildman–Crippen MR) is 181 cm³/mol. The summed E-state index contributed by atoms with van der Waals surface area (Å²) in [7, 11) is -4.16. The molecule has 1 unspecified atom stereocenters. The summed E-state index contributed by atoms with van der Waals surface area (Å²) >= 11 is 6.16. The van der Waals surface area contributed by atoms with E-state index in [-0.39, 0.29) is 23.8 Å². The van der Waals surface area contributed by atoms with Gasteiger partial charge in [-0.25, -0.2) is 8.42 Å². The van der Waals surface area contributed by atoms with E-state index in [2.05, 4.69) is 5.32 Å². The summed E-state index contributed by atoms with van der Waals surface area (Å²) in [5, 5.41) is 3.58. The maximum absolute atomic E-state index is 14.6. The van der Waals surface area contributed by atoms with Gasteiger partial charge in [0.05, 0.1) is 10.6 Å². The second-order valence-electron chi connectivity index (χ2n) is 12.3. The molecule has 7 nitrogen and oxygen atoms in total. The molecule has 1 N–H and O–H groups in total. The van der Waals surface area contributed by atoms with Gasteiger partial charge in [0.1, 0.15) is 12.6 Å². The van der Waals surface area contributed by atoms with Crippen LogP contribution in [0.25, 0.3) is 0 Å². The van der Waals surface area contributed by atoms with Crippen molar-refractivity contribution in [2.75, 3.05) is 10.8 Å². The monoisotopic (exact) mass is 645 g/mol. The number of hydrogen-bond acceptors (Lipinski definition) is 4. The number of nitrogens with zero attached hydrogens (tertiary/aromatic N) is 2. The van der Waals surface area contributed by atoms with Crippen molar-refractivity contribution in [2.45, 2.75) is 64.1 Å². The molecule has 0 saturated carbocycles. The Morgan fingerprint density at radius 1 is 0.800 bits per heavy atom. The third-order valence-corrected chi connectivity index (χ3v) is 9.18. The first-order valence-corrected chi connectivity index (χ1v) is 16.6. The van der Waals surface area contributed by atoms with Crippen LogP contribution in [0.5, 0.6) is 0 Å². The Bertz CT molecular complexity index is 1700. The number of nitrogens with one attached hydrogen (secondary N) is 1. The van der Waals surface area contributed by atoms with E-state index in [1.54, 1.807) is 54.6 Å². The summed E-state index contributed by atoms with van der Waals surface area (Å²) in [6, 6.07) is 29.1. The van der Waals surface area contributed by atoms with Crippen LogP contribution >= 0.6 is 11.6 Å². The highest BCUT2D eigenvalue weighted by Gasteiger charge is 2.35. The van der Waals surface area contributed by atoms with E-state index < -0.39 is 34.1 Å². The Kier molecular flexibility index (Phi) is 10.7. The minimum Gasteiger partial charge on any atom is -0.350 e. The molecule has 1 atom stereocenters. The Labute approximate surface area is 271 Å². The molecule has 0 aliphatic heterocycles. The third-order valence-electron chi connectivity index (χ3n) is 7.14. The molecule has 0 radical (unpaired) electrons. The molecule has 4 aromatic rings. The standard InChI is InChI=1S/C36H40ClN3O4S/c1-26-20-27(2)22-31(21-26)40(45(43,44)32-14-10-7-11-15-32)25-34(41)39(24-29-16-18-30(37)19-17-29)33(35(42)38-36(3,4)5)23-28-12-8-6-9-13-28/h6-22,33H,23-25H2,1-5H3,(H,38,42). The van der Waals surface area contributed by atoms with Gasteiger partial charge >= 0.3 is 0 Å². The molecule has 9 heteroatoms. The van der Waals surface area contributed by atoms with Crippen molar-refractivity contribution in [3.05, 3.63) is 130 Å². The van der Waals surface area contributed by atoms with E-state index in [1.165, 1.54) is 17.0 Å². The van der Waals surface area contributed by atoms with Gasteiger partial charge in [-0.1, -0.05) is 78.3 Å². The van der Waals surface area contributed by atoms with Gasteiger partial charge in [0, 0.05) is 23.5 Å². The Hall–Kier alpha value is -4.14. The van der Waals surface area contributed by atoms with Crippen LogP contribution < -0.4 is 9.62 Å². The van der Waals surface area contributed by atoms with Gasteiger partial charge in [0.15, 0.2) is 0 Å². The maximum Gasteiger partial charge on any atom is 0.264 e. The lowest BCUT2D eigenvalue weighted by Gasteiger charge is -2.35. The summed E-state index contributed by atoms with van der Waals surface area (Å²) in [6.07, 6.45) is 0.233. The number of hydrogen-bond donors (Lipinski definition) is 1. The minimum atomic E-state index is -4.16. The molecule has 0 heterocycles. The summed E-state index contributed by atoms with van der Waals surface area (Å²) in [6.45, 7) is 8.95. The SMILES string of the molecule is Cc1cc(C)cc(N(CC(=O)N(Cc2ccc(Cl)cc2)C(Cc2ccccc2)C(=O)NC(C)(C)C)S(=O)(=O)c2ccccc2)c1. The largest absolute Gasteiger partial charge is 0.350 e. The average Bonchev–Trinajstić information content (AvgIpc) is 2.98. The van der Waals surface area contributed by atoms with Gasteiger partial charge in [-0.2, -0.15) is 0 Å². The lowest BCUT2D eigenvalue weighted by atomic mass is 10.0. The first-order chi connectivity index (χ1) is 21.2. The molecule has 2 amide bonds. The molecular formula is C36H40ClN3O4S. The van der Waals surface area contributed by atoms with Crippen molar-refractivity contribution in [2.24, 2.45) is 0 Å². The second kappa shape index (κ2) is 14.3. The average molecular weight is 646 g/mol. The summed E-state index contributed by atoms with van der Waals surface area (Å²) < 4.78 is 29.4. The molecule has 45 heavy (non-hydrogen) atoms. The zero-order valence-electron chi connectivity index (χ0n) is 26.3. The first kappa shape index (κ1) is 33.7. The topological polar surface area (TPSA) is 86.8 Å². The molecule has 236 valence electrons. The fraction of sp³-hybridized carbons (Fsp3) is 0.278. The van der Waals surface area contributed by atoms with Gasteiger partial charge in [-0.3, -0.25) is 13.9 Å². The number of sulfonamides is 1. The Morgan fingerprint density at radius 3 is 1.91 bits per heavy atom. The minimum absolute atomic E-state index is 0.0625. The van der Waals surface area contributed by atoms with E-state index in [1.807, 2.05) is 71.0 Å². The first-order valence-electron chi connectivity index (χ1n) is 14.8. The number of carbonyl (C=O) groups excluding carboxylic acids is 2.